The number of H-pyrrole nitrogens is 1. The van der Waals surface area contributed by atoms with E-state index in [1.807, 2.05) is 18.5 Å². The van der Waals surface area contributed by atoms with E-state index in [1.165, 1.54) is 21.6 Å². The van der Waals surface area contributed by atoms with E-state index in [1.54, 1.807) is 11.8 Å². The van der Waals surface area contributed by atoms with E-state index < -0.39 is 0 Å². The van der Waals surface area contributed by atoms with Crippen molar-refractivity contribution in [2.45, 2.75) is 4.90 Å². The van der Waals surface area contributed by atoms with Gasteiger partial charge >= 0.3 is 0 Å². The number of thioether (sulfide) groups is 1. The Bertz CT molecular complexity index is 958. The van der Waals surface area contributed by atoms with Crippen molar-refractivity contribution >= 4 is 11.8 Å². The minimum Gasteiger partial charge on any atom is -0.354 e. The highest BCUT2D eigenvalue weighted by Gasteiger charge is 2.13. The summed E-state index contributed by atoms with van der Waals surface area (Å²) in [6, 6.07) is 25.4. The fourth-order valence-electron chi connectivity index (χ4n) is 2.97. The molecule has 2 aromatic heterocycles. The van der Waals surface area contributed by atoms with Crippen LogP contribution in [0.25, 0.3) is 33.6 Å². The maximum atomic E-state index is 4.15. The van der Waals surface area contributed by atoms with Crippen LogP contribution in [-0.2, 0) is 0 Å². The van der Waals surface area contributed by atoms with Gasteiger partial charge in [-0.15, -0.1) is 11.8 Å². The molecule has 0 spiro atoms. The van der Waals surface area contributed by atoms with Gasteiger partial charge in [-0.05, 0) is 53.3 Å². The van der Waals surface area contributed by atoms with Gasteiger partial charge in [0.2, 0.25) is 0 Å². The molecule has 0 amide bonds. The topological polar surface area (TPSA) is 28.7 Å². The largest absolute Gasteiger partial charge is 0.354 e. The van der Waals surface area contributed by atoms with Crippen molar-refractivity contribution in [3.05, 3.63) is 85.2 Å². The molecule has 2 nitrogen and oxygen atoms in total. The molecule has 25 heavy (non-hydrogen) atoms. The molecular weight excluding hydrogens is 324 g/mol. The quantitative estimate of drug-likeness (QED) is 0.452. The van der Waals surface area contributed by atoms with Gasteiger partial charge in [0.25, 0.3) is 0 Å². The number of nitrogens with zero attached hydrogens (tertiary/aromatic N) is 1. The molecule has 0 saturated heterocycles. The first-order valence-corrected chi connectivity index (χ1v) is 9.41. The summed E-state index contributed by atoms with van der Waals surface area (Å²) in [5.41, 5.74) is 6.99. The van der Waals surface area contributed by atoms with E-state index in [4.69, 9.17) is 0 Å². The lowest BCUT2D eigenvalue weighted by Gasteiger charge is -2.05. The molecule has 0 aliphatic heterocycles. The molecule has 1 N–H and O–H groups in total. The summed E-state index contributed by atoms with van der Waals surface area (Å²) in [7, 11) is 0. The third-order valence-electron chi connectivity index (χ3n) is 4.27. The molecule has 0 atom stereocenters. The van der Waals surface area contributed by atoms with Crippen LogP contribution in [0, 0.1) is 0 Å². The number of rotatable bonds is 4. The third-order valence-corrected chi connectivity index (χ3v) is 5.02. The third kappa shape index (κ3) is 3.24. The van der Waals surface area contributed by atoms with Crippen LogP contribution in [0.5, 0.6) is 0 Å². The van der Waals surface area contributed by atoms with E-state index in [2.05, 4.69) is 83.0 Å². The Morgan fingerprint density at radius 1 is 0.760 bits per heavy atom. The normalized spacial score (nSPS) is 10.8. The standard InChI is InChI=1S/C22H18N2S/c1-25-19-9-7-18(8-10-19)22-20(16-11-13-23-14-12-16)15-21(24-22)17-5-3-2-4-6-17/h2-15,24H,1H3. The number of hydrogen-bond donors (Lipinski definition) is 1. The Morgan fingerprint density at radius 3 is 2.16 bits per heavy atom. The first kappa shape index (κ1) is 15.7. The van der Waals surface area contributed by atoms with Crippen LogP contribution in [0.3, 0.4) is 0 Å². The Balaban J connectivity index is 1.87. The average Bonchev–Trinajstić information content (AvgIpc) is 3.15. The number of hydrogen-bond acceptors (Lipinski definition) is 2. The minimum atomic E-state index is 1.12. The predicted molar refractivity (Wildman–Crippen MR) is 107 cm³/mol. The number of aromatic nitrogens is 2. The first-order valence-electron chi connectivity index (χ1n) is 8.18. The maximum Gasteiger partial charge on any atom is 0.0538 e. The molecule has 2 aromatic carbocycles. The van der Waals surface area contributed by atoms with Crippen molar-refractivity contribution in [2.24, 2.45) is 0 Å². The second-order valence-corrected chi connectivity index (χ2v) is 6.68. The molecule has 0 aliphatic carbocycles. The van der Waals surface area contributed by atoms with Gasteiger partial charge in [0.15, 0.2) is 0 Å². The van der Waals surface area contributed by atoms with Crippen molar-refractivity contribution in [3.8, 4) is 33.6 Å². The molecule has 4 rings (SSSR count). The van der Waals surface area contributed by atoms with Crippen LogP contribution in [-0.4, -0.2) is 16.2 Å². The molecule has 0 fully saturated rings. The zero-order chi connectivity index (χ0) is 17.1. The van der Waals surface area contributed by atoms with Crippen molar-refractivity contribution < 1.29 is 0 Å². The number of benzene rings is 2. The summed E-state index contributed by atoms with van der Waals surface area (Å²) in [4.78, 5) is 9.04. The molecular formula is C22H18N2S. The molecule has 0 saturated carbocycles. The summed E-state index contributed by atoms with van der Waals surface area (Å²) >= 11 is 1.76. The van der Waals surface area contributed by atoms with Crippen molar-refractivity contribution in [2.75, 3.05) is 6.26 Å². The molecule has 2 heterocycles. The van der Waals surface area contributed by atoms with E-state index in [0.29, 0.717) is 0 Å². The second-order valence-electron chi connectivity index (χ2n) is 5.80. The van der Waals surface area contributed by atoms with Crippen LogP contribution in [0.15, 0.2) is 90.1 Å². The zero-order valence-electron chi connectivity index (χ0n) is 13.9. The number of nitrogens with one attached hydrogen (secondary N) is 1. The smallest absolute Gasteiger partial charge is 0.0538 e. The van der Waals surface area contributed by atoms with Gasteiger partial charge in [-0.2, -0.15) is 0 Å². The molecule has 0 aliphatic rings. The monoisotopic (exact) mass is 342 g/mol. The molecule has 3 heteroatoms. The lowest BCUT2D eigenvalue weighted by atomic mass is 10.0. The van der Waals surface area contributed by atoms with E-state index in [9.17, 15) is 0 Å². The molecule has 0 bridgehead atoms. The van der Waals surface area contributed by atoms with Crippen LogP contribution in [0.4, 0.5) is 0 Å². The molecule has 0 unspecified atom stereocenters. The van der Waals surface area contributed by atoms with Crippen LogP contribution < -0.4 is 0 Å². The SMILES string of the molecule is CSc1ccc(-c2[nH]c(-c3ccccc3)cc2-c2ccncc2)cc1. The molecule has 122 valence electrons. The number of aromatic amines is 1. The summed E-state index contributed by atoms with van der Waals surface area (Å²) in [6.45, 7) is 0. The van der Waals surface area contributed by atoms with Gasteiger partial charge in [0.05, 0.1) is 5.69 Å². The first-order chi connectivity index (χ1) is 12.3. The highest BCUT2D eigenvalue weighted by molar-refractivity contribution is 7.98. The number of pyridine rings is 1. The van der Waals surface area contributed by atoms with Gasteiger partial charge in [0.1, 0.15) is 0 Å². The van der Waals surface area contributed by atoms with Gasteiger partial charge in [0, 0.05) is 28.5 Å². The van der Waals surface area contributed by atoms with Crippen LogP contribution >= 0.6 is 11.8 Å². The average molecular weight is 342 g/mol. The van der Waals surface area contributed by atoms with Gasteiger partial charge in [-0.25, -0.2) is 0 Å². The van der Waals surface area contributed by atoms with Gasteiger partial charge in [-0.3, -0.25) is 4.98 Å². The highest BCUT2D eigenvalue weighted by Crippen LogP contribution is 2.36. The Labute approximate surface area is 152 Å². The Kier molecular flexibility index (Phi) is 4.40. The summed E-state index contributed by atoms with van der Waals surface area (Å²) in [5.74, 6) is 0. The van der Waals surface area contributed by atoms with Crippen LogP contribution in [0.1, 0.15) is 0 Å². The lowest BCUT2D eigenvalue weighted by Crippen LogP contribution is -1.83. The van der Waals surface area contributed by atoms with E-state index in [0.717, 1.165) is 17.0 Å². The van der Waals surface area contributed by atoms with Crippen molar-refractivity contribution in [3.63, 3.8) is 0 Å². The summed E-state index contributed by atoms with van der Waals surface area (Å²) in [6.07, 6.45) is 5.77. The minimum absolute atomic E-state index is 1.12. The molecule has 0 radical (unpaired) electrons. The van der Waals surface area contributed by atoms with Crippen molar-refractivity contribution in [1.82, 2.24) is 9.97 Å². The predicted octanol–water partition coefficient (Wildman–Crippen LogP) is 6.13. The zero-order valence-corrected chi connectivity index (χ0v) is 14.8. The van der Waals surface area contributed by atoms with E-state index in [-0.39, 0.29) is 0 Å². The van der Waals surface area contributed by atoms with Crippen LogP contribution in [0.2, 0.25) is 0 Å². The van der Waals surface area contributed by atoms with E-state index >= 15 is 0 Å². The summed E-state index contributed by atoms with van der Waals surface area (Å²) < 4.78 is 0. The Morgan fingerprint density at radius 2 is 1.48 bits per heavy atom. The van der Waals surface area contributed by atoms with Gasteiger partial charge in [-0.1, -0.05) is 42.5 Å². The van der Waals surface area contributed by atoms with Crippen molar-refractivity contribution in [1.29, 1.82) is 0 Å². The summed E-state index contributed by atoms with van der Waals surface area (Å²) in [5, 5.41) is 0. The maximum absolute atomic E-state index is 4.15. The highest BCUT2D eigenvalue weighted by atomic mass is 32.2. The second kappa shape index (κ2) is 6.99. The Hall–Kier alpha value is -2.78. The fraction of sp³-hybridized carbons (Fsp3) is 0.0455. The fourth-order valence-corrected chi connectivity index (χ4v) is 3.38. The molecule has 4 aromatic rings. The lowest BCUT2D eigenvalue weighted by molar-refractivity contribution is 1.33. The van der Waals surface area contributed by atoms with Gasteiger partial charge < -0.3 is 4.98 Å².